The van der Waals surface area contributed by atoms with E-state index in [1.807, 2.05) is 0 Å². The number of carbonyl (C=O) groups is 2. The van der Waals surface area contributed by atoms with Gasteiger partial charge in [-0.15, -0.1) is 11.6 Å². The van der Waals surface area contributed by atoms with Crippen LogP contribution < -0.4 is 0 Å². The van der Waals surface area contributed by atoms with Crippen LogP contribution in [0.5, 0.6) is 0 Å². The minimum atomic E-state index is -1.35. The summed E-state index contributed by atoms with van der Waals surface area (Å²) in [5.74, 6) is -0.135. The molecule has 0 aliphatic heterocycles. The summed E-state index contributed by atoms with van der Waals surface area (Å²) < 4.78 is 0. The predicted molar refractivity (Wildman–Crippen MR) is 53.8 cm³/mol. The van der Waals surface area contributed by atoms with Crippen LogP contribution in [-0.2, 0) is 9.67 Å². The Morgan fingerprint density at radius 3 is 2.64 bits per heavy atom. The molecule has 1 aliphatic rings. The SMILES string of the molecule is O=C1CC(Cl)(C(=O)Cl)c2ccccc21. The fourth-order valence-electron chi connectivity index (χ4n) is 1.66. The number of rotatable bonds is 1. The zero-order valence-corrected chi connectivity index (χ0v) is 8.60. The van der Waals surface area contributed by atoms with Gasteiger partial charge in [-0.25, -0.2) is 0 Å². The first-order valence-electron chi connectivity index (χ1n) is 4.07. The van der Waals surface area contributed by atoms with Crippen molar-refractivity contribution in [2.45, 2.75) is 11.3 Å². The molecule has 1 aromatic carbocycles. The Labute approximate surface area is 90.8 Å². The van der Waals surface area contributed by atoms with E-state index in [9.17, 15) is 9.59 Å². The summed E-state index contributed by atoms with van der Waals surface area (Å²) in [5.41, 5.74) is 1.02. The number of Topliss-reactive ketones (excluding diaryl/α,β-unsaturated/α-hetero) is 1. The van der Waals surface area contributed by atoms with Crippen molar-refractivity contribution in [3.05, 3.63) is 35.4 Å². The Hall–Kier alpha value is -0.860. The molecule has 4 heteroatoms. The van der Waals surface area contributed by atoms with Gasteiger partial charge < -0.3 is 0 Å². The fraction of sp³-hybridized carbons (Fsp3) is 0.200. The number of fused-ring (bicyclic) bond motifs is 1. The first kappa shape index (κ1) is 9.69. The fourth-order valence-corrected chi connectivity index (χ4v) is 2.11. The lowest BCUT2D eigenvalue weighted by atomic mass is 10.0. The minimum Gasteiger partial charge on any atom is -0.294 e. The van der Waals surface area contributed by atoms with Crippen LogP contribution in [0.15, 0.2) is 24.3 Å². The molecule has 2 nitrogen and oxygen atoms in total. The number of carbonyl (C=O) groups excluding carboxylic acids is 2. The van der Waals surface area contributed by atoms with E-state index < -0.39 is 10.1 Å². The van der Waals surface area contributed by atoms with Gasteiger partial charge in [0.25, 0.3) is 0 Å². The molecule has 72 valence electrons. The maximum absolute atomic E-state index is 11.5. The highest BCUT2D eigenvalue weighted by Crippen LogP contribution is 2.43. The van der Waals surface area contributed by atoms with Gasteiger partial charge in [-0.05, 0) is 17.2 Å². The van der Waals surface area contributed by atoms with Crippen molar-refractivity contribution in [2.24, 2.45) is 0 Å². The van der Waals surface area contributed by atoms with Crippen LogP contribution in [-0.4, -0.2) is 11.0 Å². The maximum atomic E-state index is 11.5. The molecular weight excluding hydrogens is 223 g/mol. The molecule has 1 aromatic rings. The highest BCUT2D eigenvalue weighted by atomic mass is 35.5. The Morgan fingerprint density at radius 2 is 2.00 bits per heavy atom. The Kier molecular flexibility index (Phi) is 2.13. The molecule has 0 spiro atoms. The van der Waals surface area contributed by atoms with E-state index in [-0.39, 0.29) is 12.2 Å². The van der Waals surface area contributed by atoms with Gasteiger partial charge in [0.2, 0.25) is 5.24 Å². The summed E-state index contributed by atoms with van der Waals surface area (Å²) in [6.45, 7) is 0. The van der Waals surface area contributed by atoms with E-state index in [2.05, 4.69) is 0 Å². The zero-order chi connectivity index (χ0) is 10.3. The van der Waals surface area contributed by atoms with E-state index in [1.54, 1.807) is 24.3 Å². The quantitative estimate of drug-likeness (QED) is 0.547. The van der Waals surface area contributed by atoms with Crippen molar-refractivity contribution >= 4 is 34.2 Å². The third kappa shape index (κ3) is 1.18. The van der Waals surface area contributed by atoms with Gasteiger partial charge in [0.1, 0.15) is 0 Å². The summed E-state index contributed by atoms with van der Waals surface area (Å²) in [6, 6.07) is 6.78. The summed E-state index contributed by atoms with van der Waals surface area (Å²) in [5, 5.41) is -0.697. The van der Waals surface area contributed by atoms with Crippen LogP contribution in [0.2, 0.25) is 0 Å². The second-order valence-electron chi connectivity index (χ2n) is 3.22. The molecule has 0 N–H and O–H groups in total. The van der Waals surface area contributed by atoms with E-state index in [1.165, 1.54) is 0 Å². The third-order valence-electron chi connectivity index (χ3n) is 2.37. The van der Waals surface area contributed by atoms with Crippen LogP contribution >= 0.6 is 23.2 Å². The second-order valence-corrected chi connectivity index (χ2v) is 4.21. The largest absolute Gasteiger partial charge is 0.294 e. The van der Waals surface area contributed by atoms with Crippen molar-refractivity contribution in [2.75, 3.05) is 0 Å². The van der Waals surface area contributed by atoms with Crippen LogP contribution in [0.25, 0.3) is 0 Å². The molecule has 0 amide bonds. The number of hydrogen-bond donors (Lipinski definition) is 0. The molecule has 14 heavy (non-hydrogen) atoms. The van der Waals surface area contributed by atoms with Gasteiger partial charge in [-0.2, -0.15) is 0 Å². The van der Waals surface area contributed by atoms with Gasteiger partial charge in [0.15, 0.2) is 10.7 Å². The van der Waals surface area contributed by atoms with Gasteiger partial charge in [0.05, 0.1) is 0 Å². The maximum Gasteiger partial charge on any atom is 0.247 e. The van der Waals surface area contributed by atoms with Crippen LogP contribution in [0, 0.1) is 0 Å². The number of alkyl halides is 1. The van der Waals surface area contributed by atoms with E-state index >= 15 is 0 Å². The van der Waals surface area contributed by atoms with Crippen LogP contribution in [0.4, 0.5) is 0 Å². The van der Waals surface area contributed by atoms with Crippen molar-refractivity contribution in [1.82, 2.24) is 0 Å². The van der Waals surface area contributed by atoms with Crippen molar-refractivity contribution in [3.8, 4) is 0 Å². The first-order valence-corrected chi connectivity index (χ1v) is 4.83. The monoisotopic (exact) mass is 228 g/mol. The van der Waals surface area contributed by atoms with Gasteiger partial charge in [-0.1, -0.05) is 24.3 Å². The van der Waals surface area contributed by atoms with Gasteiger partial charge in [0, 0.05) is 12.0 Å². The third-order valence-corrected chi connectivity index (χ3v) is 3.30. The van der Waals surface area contributed by atoms with Crippen molar-refractivity contribution < 1.29 is 9.59 Å². The van der Waals surface area contributed by atoms with Crippen LogP contribution in [0.3, 0.4) is 0 Å². The van der Waals surface area contributed by atoms with E-state index in [4.69, 9.17) is 23.2 Å². The highest BCUT2D eigenvalue weighted by Gasteiger charge is 2.46. The lowest BCUT2D eigenvalue weighted by Gasteiger charge is -2.15. The molecule has 1 unspecified atom stereocenters. The average Bonchev–Trinajstić information content (AvgIpc) is 2.42. The van der Waals surface area contributed by atoms with Gasteiger partial charge in [-0.3, -0.25) is 9.59 Å². The van der Waals surface area contributed by atoms with Crippen molar-refractivity contribution in [1.29, 1.82) is 0 Å². The van der Waals surface area contributed by atoms with Crippen molar-refractivity contribution in [3.63, 3.8) is 0 Å². The molecule has 0 fully saturated rings. The molecular formula is C10H6Cl2O2. The lowest BCUT2D eigenvalue weighted by Crippen LogP contribution is -2.23. The molecule has 1 atom stereocenters. The van der Waals surface area contributed by atoms with Crippen LogP contribution in [0.1, 0.15) is 22.3 Å². The normalized spacial score (nSPS) is 24.9. The highest BCUT2D eigenvalue weighted by molar-refractivity contribution is 6.71. The predicted octanol–water partition coefficient (Wildman–Crippen LogP) is 2.47. The average molecular weight is 229 g/mol. The molecule has 0 heterocycles. The zero-order valence-electron chi connectivity index (χ0n) is 7.09. The number of ketones is 1. The van der Waals surface area contributed by atoms with E-state index in [0.717, 1.165) is 0 Å². The summed E-state index contributed by atoms with van der Waals surface area (Å²) in [4.78, 5) is 21.3. The first-order chi connectivity index (χ1) is 6.55. The van der Waals surface area contributed by atoms with E-state index in [0.29, 0.717) is 11.1 Å². The standard InChI is InChI=1S/C10H6Cl2O2/c11-9(14)10(12)5-8(13)6-3-1-2-4-7(6)10/h1-4H,5H2. The topological polar surface area (TPSA) is 34.1 Å². The number of hydrogen-bond acceptors (Lipinski definition) is 2. The molecule has 2 rings (SSSR count). The number of halogens is 2. The molecule has 0 saturated heterocycles. The Morgan fingerprint density at radius 1 is 1.36 bits per heavy atom. The number of benzene rings is 1. The summed E-state index contributed by atoms with van der Waals surface area (Å²) in [6.07, 6.45) is -0.0454. The molecule has 1 aliphatic carbocycles. The summed E-state index contributed by atoms with van der Waals surface area (Å²) in [7, 11) is 0. The second kappa shape index (κ2) is 3.07. The Bertz CT molecular complexity index is 428. The molecule has 0 bridgehead atoms. The minimum absolute atomic E-state index is 0.0454. The van der Waals surface area contributed by atoms with Gasteiger partial charge >= 0.3 is 0 Å². The molecule has 0 saturated carbocycles. The summed E-state index contributed by atoms with van der Waals surface area (Å²) >= 11 is 11.4. The molecule has 0 radical (unpaired) electrons. The smallest absolute Gasteiger partial charge is 0.247 e. The molecule has 0 aromatic heterocycles. The lowest BCUT2D eigenvalue weighted by molar-refractivity contribution is -0.114. The Balaban J connectivity index is 2.65.